The average molecular weight is 305 g/mol. The second kappa shape index (κ2) is 6.58. The normalized spacial score (nSPS) is 10.4. The second-order valence-corrected chi connectivity index (χ2v) is 5.77. The fraction of sp³-hybridized carbons (Fsp3) is 0.333. The van der Waals surface area contributed by atoms with Crippen molar-refractivity contribution in [3.8, 4) is 5.75 Å². The summed E-state index contributed by atoms with van der Waals surface area (Å²) in [6, 6.07) is 5.11. The van der Waals surface area contributed by atoms with Crippen LogP contribution in [0.25, 0.3) is 0 Å². The van der Waals surface area contributed by atoms with Crippen LogP contribution in [0.2, 0.25) is 0 Å². The number of carbonyl (C=O) groups excluding carboxylic acids is 1. The van der Waals surface area contributed by atoms with E-state index in [0.29, 0.717) is 30.2 Å². The number of ether oxygens (including phenoxy) is 1. The summed E-state index contributed by atoms with van der Waals surface area (Å²) in [4.78, 5) is 18.4. The summed E-state index contributed by atoms with van der Waals surface area (Å²) in [7, 11) is 1.75. The highest BCUT2D eigenvalue weighted by molar-refractivity contribution is 7.09. The molecule has 1 aromatic heterocycles. The van der Waals surface area contributed by atoms with E-state index in [9.17, 15) is 4.79 Å². The lowest BCUT2D eigenvalue weighted by Crippen LogP contribution is -2.26. The predicted octanol–water partition coefficient (Wildman–Crippen LogP) is 2.70. The van der Waals surface area contributed by atoms with E-state index >= 15 is 0 Å². The maximum absolute atomic E-state index is 12.4. The molecule has 2 rings (SSSR count). The third kappa shape index (κ3) is 3.72. The van der Waals surface area contributed by atoms with Crippen molar-refractivity contribution in [1.29, 1.82) is 0 Å². The van der Waals surface area contributed by atoms with Gasteiger partial charge >= 0.3 is 0 Å². The van der Waals surface area contributed by atoms with Gasteiger partial charge in [-0.15, -0.1) is 11.3 Å². The van der Waals surface area contributed by atoms with Gasteiger partial charge in [-0.25, -0.2) is 4.98 Å². The first-order chi connectivity index (χ1) is 10.0. The monoisotopic (exact) mass is 305 g/mol. The molecular weight excluding hydrogens is 286 g/mol. The molecule has 0 bridgehead atoms. The van der Waals surface area contributed by atoms with Crippen LogP contribution in [0.1, 0.15) is 28.0 Å². The molecule has 0 aliphatic rings. The quantitative estimate of drug-likeness (QED) is 0.862. The zero-order valence-electron chi connectivity index (χ0n) is 12.4. The van der Waals surface area contributed by atoms with Gasteiger partial charge in [0, 0.05) is 18.0 Å². The Morgan fingerprint density at radius 2 is 2.24 bits per heavy atom. The number of nitrogens with two attached hydrogens (primary N) is 1. The molecule has 5 nitrogen and oxygen atoms in total. The number of rotatable bonds is 5. The number of thiazole rings is 1. The minimum absolute atomic E-state index is 0.0876. The Morgan fingerprint density at radius 3 is 2.81 bits per heavy atom. The van der Waals surface area contributed by atoms with Gasteiger partial charge in [0.15, 0.2) is 0 Å². The molecule has 0 unspecified atom stereocenters. The minimum atomic E-state index is -0.0876. The first kappa shape index (κ1) is 15.3. The van der Waals surface area contributed by atoms with Crippen LogP contribution in [0.5, 0.6) is 5.75 Å². The number of nitrogen functional groups attached to an aromatic ring is 1. The third-order valence-corrected chi connectivity index (χ3v) is 3.79. The maximum atomic E-state index is 12.4. The van der Waals surface area contributed by atoms with Crippen LogP contribution in [0.15, 0.2) is 23.6 Å². The van der Waals surface area contributed by atoms with Gasteiger partial charge in [-0.05, 0) is 32.0 Å². The zero-order valence-corrected chi connectivity index (χ0v) is 13.2. The Balaban J connectivity index is 2.10. The molecule has 1 amide bonds. The standard InChI is InChI=1S/C15H19N3O2S/c1-4-20-14-6-5-11(7-13(14)16)15(19)18(3)8-12-9-21-10(2)17-12/h5-7,9H,4,8,16H2,1-3H3. The number of aromatic nitrogens is 1. The fourth-order valence-corrected chi connectivity index (χ4v) is 2.59. The summed E-state index contributed by atoms with van der Waals surface area (Å²) in [6.45, 7) is 4.86. The lowest BCUT2D eigenvalue weighted by atomic mass is 10.1. The van der Waals surface area contributed by atoms with Gasteiger partial charge in [0.1, 0.15) is 5.75 Å². The van der Waals surface area contributed by atoms with Crippen molar-refractivity contribution in [1.82, 2.24) is 9.88 Å². The highest BCUT2D eigenvalue weighted by Crippen LogP contribution is 2.23. The summed E-state index contributed by atoms with van der Waals surface area (Å²) in [5.74, 6) is 0.516. The molecule has 2 aromatic rings. The lowest BCUT2D eigenvalue weighted by Gasteiger charge is -2.17. The molecular formula is C15H19N3O2S. The molecule has 0 atom stereocenters. The van der Waals surface area contributed by atoms with Gasteiger partial charge in [-0.1, -0.05) is 0 Å². The van der Waals surface area contributed by atoms with Crippen LogP contribution >= 0.6 is 11.3 Å². The van der Waals surface area contributed by atoms with Crippen LogP contribution in [0, 0.1) is 6.92 Å². The number of hydrogen-bond donors (Lipinski definition) is 1. The number of aryl methyl sites for hydroxylation is 1. The van der Waals surface area contributed by atoms with E-state index in [1.165, 1.54) is 0 Å². The van der Waals surface area contributed by atoms with Crippen molar-refractivity contribution in [2.24, 2.45) is 0 Å². The summed E-state index contributed by atoms with van der Waals surface area (Å²) in [6.07, 6.45) is 0. The van der Waals surface area contributed by atoms with Gasteiger partial charge in [0.25, 0.3) is 5.91 Å². The fourth-order valence-electron chi connectivity index (χ4n) is 1.98. The highest BCUT2D eigenvalue weighted by atomic mass is 32.1. The SMILES string of the molecule is CCOc1ccc(C(=O)N(C)Cc2csc(C)n2)cc1N. The van der Waals surface area contributed by atoms with E-state index in [-0.39, 0.29) is 5.91 Å². The molecule has 1 aromatic carbocycles. The van der Waals surface area contributed by atoms with Crippen LogP contribution in [0.4, 0.5) is 5.69 Å². The summed E-state index contributed by atoms with van der Waals surface area (Å²) in [5, 5.41) is 2.96. The molecule has 2 N–H and O–H groups in total. The van der Waals surface area contributed by atoms with Crippen molar-refractivity contribution in [3.63, 3.8) is 0 Å². The maximum Gasteiger partial charge on any atom is 0.254 e. The van der Waals surface area contributed by atoms with Gasteiger partial charge in [0.2, 0.25) is 0 Å². The summed E-state index contributed by atoms with van der Waals surface area (Å²) >= 11 is 1.58. The third-order valence-electron chi connectivity index (χ3n) is 2.97. The van der Waals surface area contributed by atoms with Gasteiger partial charge in [-0.2, -0.15) is 0 Å². The summed E-state index contributed by atoms with van der Waals surface area (Å²) < 4.78 is 5.37. The van der Waals surface area contributed by atoms with E-state index in [2.05, 4.69) is 4.98 Å². The zero-order chi connectivity index (χ0) is 15.4. The first-order valence-electron chi connectivity index (χ1n) is 6.70. The predicted molar refractivity (Wildman–Crippen MR) is 84.7 cm³/mol. The molecule has 0 spiro atoms. The number of carbonyl (C=O) groups is 1. The molecule has 0 saturated carbocycles. The van der Waals surface area contributed by atoms with E-state index in [0.717, 1.165) is 10.7 Å². The van der Waals surface area contributed by atoms with Crippen LogP contribution in [-0.4, -0.2) is 29.4 Å². The second-order valence-electron chi connectivity index (χ2n) is 4.70. The number of amides is 1. The topological polar surface area (TPSA) is 68.5 Å². The van der Waals surface area contributed by atoms with Gasteiger partial charge in [0.05, 0.1) is 29.5 Å². The number of anilines is 1. The number of benzene rings is 1. The Morgan fingerprint density at radius 1 is 1.48 bits per heavy atom. The number of nitrogens with zero attached hydrogens (tertiary/aromatic N) is 2. The van der Waals surface area contributed by atoms with Crippen LogP contribution in [0.3, 0.4) is 0 Å². The van der Waals surface area contributed by atoms with Crippen molar-refractivity contribution < 1.29 is 9.53 Å². The Labute approximate surface area is 128 Å². The van der Waals surface area contributed by atoms with E-state index in [4.69, 9.17) is 10.5 Å². The summed E-state index contributed by atoms with van der Waals surface area (Å²) in [5.41, 5.74) is 7.81. The highest BCUT2D eigenvalue weighted by Gasteiger charge is 2.14. The average Bonchev–Trinajstić information content (AvgIpc) is 2.85. The minimum Gasteiger partial charge on any atom is -0.492 e. The molecule has 0 saturated heterocycles. The molecule has 0 fully saturated rings. The molecule has 6 heteroatoms. The lowest BCUT2D eigenvalue weighted by molar-refractivity contribution is 0.0783. The van der Waals surface area contributed by atoms with E-state index in [1.807, 2.05) is 19.2 Å². The van der Waals surface area contributed by atoms with Crippen molar-refractivity contribution in [3.05, 3.63) is 39.8 Å². The van der Waals surface area contributed by atoms with E-state index in [1.54, 1.807) is 41.5 Å². The number of hydrogen-bond acceptors (Lipinski definition) is 5. The smallest absolute Gasteiger partial charge is 0.254 e. The molecule has 112 valence electrons. The first-order valence-corrected chi connectivity index (χ1v) is 7.58. The molecule has 0 aliphatic heterocycles. The Kier molecular flexibility index (Phi) is 4.80. The van der Waals surface area contributed by atoms with Gasteiger partial charge < -0.3 is 15.4 Å². The Hall–Kier alpha value is -2.08. The van der Waals surface area contributed by atoms with Crippen LogP contribution < -0.4 is 10.5 Å². The molecule has 0 radical (unpaired) electrons. The van der Waals surface area contributed by atoms with Gasteiger partial charge in [-0.3, -0.25) is 4.79 Å². The van der Waals surface area contributed by atoms with Crippen LogP contribution in [-0.2, 0) is 6.54 Å². The van der Waals surface area contributed by atoms with E-state index < -0.39 is 0 Å². The van der Waals surface area contributed by atoms with Crippen molar-refractivity contribution in [2.45, 2.75) is 20.4 Å². The molecule has 0 aliphatic carbocycles. The molecule has 21 heavy (non-hydrogen) atoms. The Bertz CT molecular complexity index is 640. The van der Waals surface area contributed by atoms with Crippen molar-refractivity contribution >= 4 is 22.9 Å². The largest absolute Gasteiger partial charge is 0.492 e. The molecule has 1 heterocycles. The van der Waals surface area contributed by atoms with Crippen molar-refractivity contribution in [2.75, 3.05) is 19.4 Å².